The average Bonchev–Trinajstić information content (AvgIpc) is 2.25. The van der Waals surface area contributed by atoms with E-state index < -0.39 is 0 Å². The quantitative estimate of drug-likeness (QED) is 0.568. The van der Waals surface area contributed by atoms with E-state index in [1.54, 1.807) is 7.05 Å². The Morgan fingerprint density at radius 1 is 1.67 bits per heavy atom. The lowest BCUT2D eigenvalue weighted by molar-refractivity contribution is -0.118. The van der Waals surface area contributed by atoms with Crippen molar-refractivity contribution in [3.05, 3.63) is 22.1 Å². The number of nitrogens with one attached hydrogen (secondary N) is 2. The van der Waals surface area contributed by atoms with E-state index in [0.29, 0.717) is 11.6 Å². The number of aromatic nitrogens is 2. The minimum atomic E-state index is -0.179. The molecule has 0 fully saturated rings. The molecule has 1 heterocycles. The Labute approximate surface area is 91.7 Å². The molecule has 0 aromatic carbocycles. The van der Waals surface area contributed by atoms with E-state index in [0.717, 1.165) is 5.69 Å². The summed E-state index contributed by atoms with van der Waals surface area (Å²) in [4.78, 5) is 28.9. The molecule has 2 N–H and O–H groups in total. The van der Waals surface area contributed by atoms with Crippen LogP contribution >= 0.6 is 11.8 Å². The summed E-state index contributed by atoms with van der Waals surface area (Å²) >= 11 is 1.22. The Bertz CT molecular complexity index is 403. The summed E-state index contributed by atoms with van der Waals surface area (Å²) in [5.41, 5.74) is 0.555. The van der Waals surface area contributed by atoms with Crippen molar-refractivity contribution in [1.82, 2.24) is 15.3 Å². The van der Waals surface area contributed by atoms with Gasteiger partial charge in [-0.2, -0.15) is 0 Å². The van der Waals surface area contributed by atoms with Crippen LogP contribution < -0.4 is 10.9 Å². The topological polar surface area (TPSA) is 74.8 Å². The number of thioether (sulfide) groups is 1. The molecule has 6 heteroatoms. The molecule has 5 nitrogen and oxygen atoms in total. The molecular weight excluding hydrogens is 214 g/mol. The summed E-state index contributed by atoms with van der Waals surface area (Å²) in [5, 5.41) is 2.99. The third kappa shape index (κ3) is 3.75. The van der Waals surface area contributed by atoms with E-state index in [1.807, 2.05) is 6.92 Å². The fraction of sp³-hybridized carbons (Fsp3) is 0.444. The number of amides is 1. The molecule has 0 aliphatic heterocycles. The van der Waals surface area contributed by atoms with Crippen molar-refractivity contribution in [3.63, 3.8) is 0 Å². The molecule has 0 unspecified atom stereocenters. The van der Waals surface area contributed by atoms with Gasteiger partial charge in [0.05, 0.1) is 5.75 Å². The number of aryl methyl sites for hydroxylation is 1. The highest BCUT2D eigenvalue weighted by molar-refractivity contribution is 7.99. The zero-order chi connectivity index (χ0) is 11.3. The fourth-order valence-electron chi connectivity index (χ4n) is 0.939. The molecule has 0 saturated heterocycles. The highest BCUT2D eigenvalue weighted by atomic mass is 32.2. The molecule has 82 valence electrons. The van der Waals surface area contributed by atoms with Gasteiger partial charge in [0.25, 0.3) is 5.56 Å². The third-order valence-corrected chi connectivity index (χ3v) is 2.63. The van der Waals surface area contributed by atoms with Gasteiger partial charge in [-0.05, 0) is 6.42 Å². The molecule has 1 amide bonds. The third-order valence-electron chi connectivity index (χ3n) is 1.75. The number of carbonyl (C=O) groups excluding carboxylic acids is 1. The van der Waals surface area contributed by atoms with Gasteiger partial charge in [-0.3, -0.25) is 9.59 Å². The molecule has 0 aliphatic carbocycles. The minimum Gasteiger partial charge on any atom is -0.358 e. The predicted molar refractivity (Wildman–Crippen MR) is 59.0 cm³/mol. The van der Waals surface area contributed by atoms with Crippen molar-refractivity contribution in [2.75, 3.05) is 12.8 Å². The molecule has 1 aromatic heterocycles. The highest BCUT2D eigenvalue weighted by Gasteiger charge is 2.03. The van der Waals surface area contributed by atoms with Crippen LogP contribution in [0.1, 0.15) is 12.6 Å². The van der Waals surface area contributed by atoms with Crippen LogP contribution in [0.15, 0.2) is 16.0 Å². The van der Waals surface area contributed by atoms with Gasteiger partial charge in [-0.1, -0.05) is 18.7 Å². The van der Waals surface area contributed by atoms with Gasteiger partial charge in [0, 0.05) is 18.8 Å². The molecule has 0 saturated carbocycles. The SMILES string of the molecule is CCc1cc(=O)[nH]c(SCC(=O)NC)n1. The van der Waals surface area contributed by atoms with E-state index in [9.17, 15) is 9.59 Å². The first-order chi connectivity index (χ1) is 7.15. The maximum absolute atomic E-state index is 11.2. The van der Waals surface area contributed by atoms with E-state index >= 15 is 0 Å². The summed E-state index contributed by atoms with van der Waals surface area (Å²) in [6.07, 6.45) is 0.706. The molecule has 0 spiro atoms. The second-order valence-electron chi connectivity index (χ2n) is 2.86. The van der Waals surface area contributed by atoms with Crippen LogP contribution in [0.2, 0.25) is 0 Å². The van der Waals surface area contributed by atoms with Gasteiger partial charge >= 0.3 is 0 Å². The first-order valence-corrected chi connectivity index (χ1v) is 5.58. The first kappa shape index (κ1) is 11.8. The molecule has 1 aromatic rings. The summed E-state index contributed by atoms with van der Waals surface area (Å²) < 4.78 is 0. The summed E-state index contributed by atoms with van der Waals surface area (Å²) in [5.74, 6) is 0.164. The van der Waals surface area contributed by atoms with Crippen molar-refractivity contribution in [2.24, 2.45) is 0 Å². The summed E-state index contributed by atoms with van der Waals surface area (Å²) in [7, 11) is 1.57. The van der Waals surface area contributed by atoms with Gasteiger partial charge in [-0.25, -0.2) is 4.98 Å². The van der Waals surface area contributed by atoms with Crippen LogP contribution in [0.5, 0.6) is 0 Å². The van der Waals surface area contributed by atoms with Gasteiger partial charge in [0.2, 0.25) is 5.91 Å². The molecule has 0 radical (unpaired) electrons. The smallest absolute Gasteiger partial charge is 0.251 e. The molecule has 0 bridgehead atoms. The zero-order valence-corrected chi connectivity index (χ0v) is 9.48. The van der Waals surface area contributed by atoms with Crippen LogP contribution in [0.3, 0.4) is 0 Å². The Balaban J connectivity index is 2.72. The second kappa shape index (κ2) is 5.55. The molecule has 0 aliphatic rings. The van der Waals surface area contributed by atoms with Crippen LogP contribution in [0.25, 0.3) is 0 Å². The average molecular weight is 227 g/mol. The highest BCUT2D eigenvalue weighted by Crippen LogP contribution is 2.10. The van der Waals surface area contributed by atoms with Crippen LogP contribution in [0.4, 0.5) is 0 Å². The number of hydrogen-bond acceptors (Lipinski definition) is 4. The lowest BCUT2D eigenvalue weighted by Crippen LogP contribution is -2.20. The first-order valence-electron chi connectivity index (χ1n) is 4.59. The molecule has 15 heavy (non-hydrogen) atoms. The number of aromatic amines is 1. The van der Waals surface area contributed by atoms with Gasteiger partial charge in [-0.15, -0.1) is 0 Å². The van der Waals surface area contributed by atoms with Crippen molar-refractivity contribution >= 4 is 17.7 Å². The molecule has 1 rings (SSSR count). The van der Waals surface area contributed by atoms with E-state index in [-0.39, 0.29) is 17.2 Å². The maximum atomic E-state index is 11.2. The largest absolute Gasteiger partial charge is 0.358 e. The van der Waals surface area contributed by atoms with Crippen molar-refractivity contribution in [3.8, 4) is 0 Å². The van der Waals surface area contributed by atoms with E-state index in [1.165, 1.54) is 17.8 Å². The number of carbonyl (C=O) groups is 1. The number of rotatable bonds is 4. The van der Waals surface area contributed by atoms with Gasteiger partial charge in [0.15, 0.2) is 5.16 Å². The number of hydrogen-bond donors (Lipinski definition) is 2. The molecular formula is C9H13N3O2S. The Morgan fingerprint density at radius 3 is 3.00 bits per heavy atom. The lowest BCUT2D eigenvalue weighted by atomic mass is 10.3. The summed E-state index contributed by atoms with van der Waals surface area (Å²) in [6, 6.07) is 1.46. The van der Waals surface area contributed by atoms with Crippen molar-refractivity contribution < 1.29 is 4.79 Å². The molecule has 0 atom stereocenters. The monoisotopic (exact) mass is 227 g/mol. The predicted octanol–water partition coefficient (Wildman–Crippen LogP) is 0.170. The normalized spacial score (nSPS) is 10.0. The minimum absolute atomic E-state index is 0.0930. The van der Waals surface area contributed by atoms with Crippen LogP contribution in [-0.4, -0.2) is 28.7 Å². The fourth-order valence-corrected chi connectivity index (χ4v) is 1.71. The Morgan fingerprint density at radius 2 is 2.40 bits per heavy atom. The van der Waals surface area contributed by atoms with Crippen LogP contribution in [-0.2, 0) is 11.2 Å². The second-order valence-corrected chi connectivity index (χ2v) is 3.82. The zero-order valence-electron chi connectivity index (χ0n) is 8.66. The van der Waals surface area contributed by atoms with E-state index in [2.05, 4.69) is 15.3 Å². The van der Waals surface area contributed by atoms with Gasteiger partial charge < -0.3 is 10.3 Å². The standard InChI is InChI=1S/C9H13N3O2S/c1-3-6-4-7(13)12-9(11-6)15-5-8(14)10-2/h4H,3,5H2,1-2H3,(H,10,14)(H,11,12,13). The number of H-pyrrole nitrogens is 1. The van der Waals surface area contributed by atoms with Crippen molar-refractivity contribution in [2.45, 2.75) is 18.5 Å². The lowest BCUT2D eigenvalue weighted by Gasteiger charge is -2.01. The van der Waals surface area contributed by atoms with Crippen molar-refractivity contribution in [1.29, 1.82) is 0 Å². The number of nitrogens with zero attached hydrogens (tertiary/aromatic N) is 1. The van der Waals surface area contributed by atoms with Gasteiger partial charge in [0.1, 0.15) is 0 Å². The van der Waals surface area contributed by atoms with Crippen LogP contribution in [0, 0.1) is 0 Å². The maximum Gasteiger partial charge on any atom is 0.251 e. The Kier molecular flexibility index (Phi) is 4.36. The summed E-state index contributed by atoms with van der Waals surface area (Å²) in [6.45, 7) is 1.93. The Hall–Kier alpha value is -1.30. The van der Waals surface area contributed by atoms with E-state index in [4.69, 9.17) is 0 Å².